The third-order valence-corrected chi connectivity index (χ3v) is 5.08. The van der Waals surface area contributed by atoms with Crippen LogP contribution in [0.15, 0.2) is 34.3 Å². The van der Waals surface area contributed by atoms with Crippen molar-refractivity contribution in [1.82, 2.24) is 5.32 Å². The molecule has 0 aliphatic rings. The Morgan fingerprint density at radius 1 is 1.30 bits per heavy atom. The molecule has 0 aliphatic carbocycles. The highest BCUT2D eigenvalue weighted by molar-refractivity contribution is 7.10. The lowest BCUT2D eigenvalue weighted by Gasteiger charge is -2.29. The molecule has 5 nitrogen and oxygen atoms in total. The van der Waals surface area contributed by atoms with E-state index in [2.05, 4.69) is 5.32 Å². The summed E-state index contributed by atoms with van der Waals surface area (Å²) in [6.45, 7) is 4.27. The minimum atomic E-state index is -1.31. The lowest BCUT2D eigenvalue weighted by Crippen LogP contribution is -2.50. The molecule has 23 heavy (non-hydrogen) atoms. The zero-order valence-corrected chi connectivity index (χ0v) is 14.8. The van der Waals surface area contributed by atoms with Crippen molar-refractivity contribution in [2.45, 2.75) is 32.0 Å². The Hall–Kier alpha value is -1.70. The van der Waals surface area contributed by atoms with E-state index in [0.717, 1.165) is 10.4 Å². The van der Waals surface area contributed by atoms with E-state index in [-0.39, 0.29) is 6.54 Å². The number of rotatable bonds is 6. The normalized spacial score (nSPS) is 14.1. The third-order valence-electron chi connectivity index (χ3n) is 3.38. The topological polar surface area (TPSA) is 75.6 Å². The van der Waals surface area contributed by atoms with Gasteiger partial charge in [-0.25, -0.2) is 0 Å². The van der Waals surface area contributed by atoms with Gasteiger partial charge in [-0.15, -0.1) is 11.3 Å². The molecule has 0 bridgehead atoms. The van der Waals surface area contributed by atoms with Gasteiger partial charge in [0.2, 0.25) is 0 Å². The molecule has 1 atom stereocenters. The lowest BCUT2D eigenvalue weighted by molar-refractivity contribution is -0.163. The van der Waals surface area contributed by atoms with Gasteiger partial charge >= 0.3 is 5.97 Å². The van der Waals surface area contributed by atoms with E-state index in [0.29, 0.717) is 0 Å². The van der Waals surface area contributed by atoms with E-state index >= 15 is 0 Å². The number of hydrogen-bond acceptors (Lipinski definition) is 6. The first-order chi connectivity index (χ1) is 10.8. The SMILES string of the molecule is CC(=O)OC(C)(C)C(=O)NC[C@@](O)(c1ccsc1)c1cccs1. The van der Waals surface area contributed by atoms with E-state index in [1.54, 1.807) is 0 Å². The van der Waals surface area contributed by atoms with Crippen molar-refractivity contribution < 1.29 is 19.4 Å². The third kappa shape index (κ3) is 3.99. The first kappa shape index (κ1) is 17.7. The molecule has 0 aromatic carbocycles. The summed E-state index contributed by atoms with van der Waals surface area (Å²) < 4.78 is 5.02. The van der Waals surface area contributed by atoms with Crippen LogP contribution in [0.25, 0.3) is 0 Å². The Morgan fingerprint density at radius 3 is 2.57 bits per heavy atom. The number of ether oxygens (including phenoxy) is 1. The molecule has 1 amide bonds. The molecular weight excluding hydrogens is 334 g/mol. The molecule has 0 saturated carbocycles. The second-order valence-corrected chi connectivity index (χ2v) is 7.36. The maximum absolute atomic E-state index is 12.3. The average Bonchev–Trinajstić information content (AvgIpc) is 3.15. The average molecular weight is 353 g/mol. The Balaban J connectivity index is 2.18. The number of esters is 1. The summed E-state index contributed by atoms with van der Waals surface area (Å²) in [6.07, 6.45) is 0. The zero-order chi connectivity index (χ0) is 17.1. The van der Waals surface area contributed by atoms with Crippen molar-refractivity contribution >= 4 is 34.6 Å². The van der Waals surface area contributed by atoms with Gasteiger partial charge in [0.15, 0.2) is 5.60 Å². The predicted molar refractivity (Wildman–Crippen MR) is 90.5 cm³/mol. The van der Waals surface area contributed by atoms with Crippen molar-refractivity contribution in [3.63, 3.8) is 0 Å². The maximum Gasteiger partial charge on any atom is 0.303 e. The quantitative estimate of drug-likeness (QED) is 0.783. The van der Waals surface area contributed by atoms with Crippen LogP contribution in [0.4, 0.5) is 0 Å². The van der Waals surface area contributed by atoms with E-state index in [4.69, 9.17) is 4.74 Å². The van der Waals surface area contributed by atoms with E-state index in [9.17, 15) is 14.7 Å². The number of amides is 1. The van der Waals surface area contributed by atoms with Crippen LogP contribution in [0.3, 0.4) is 0 Å². The van der Waals surface area contributed by atoms with Crippen LogP contribution in [-0.4, -0.2) is 29.1 Å². The summed E-state index contributed by atoms with van der Waals surface area (Å²) >= 11 is 2.89. The molecule has 7 heteroatoms. The van der Waals surface area contributed by atoms with E-state index in [1.807, 2.05) is 34.3 Å². The summed E-state index contributed by atoms with van der Waals surface area (Å²) in [6, 6.07) is 5.50. The molecule has 0 fully saturated rings. The predicted octanol–water partition coefficient (Wildman–Crippen LogP) is 2.50. The monoisotopic (exact) mass is 353 g/mol. The zero-order valence-electron chi connectivity index (χ0n) is 13.2. The summed E-state index contributed by atoms with van der Waals surface area (Å²) in [5.41, 5.74) is -1.89. The highest BCUT2D eigenvalue weighted by Gasteiger charge is 2.37. The number of thiophene rings is 2. The minimum absolute atomic E-state index is 0.00618. The van der Waals surface area contributed by atoms with Gasteiger partial charge in [-0.2, -0.15) is 11.3 Å². The molecule has 0 spiro atoms. The minimum Gasteiger partial charge on any atom is -0.450 e. The number of nitrogens with one attached hydrogen (secondary N) is 1. The second-order valence-electron chi connectivity index (χ2n) is 5.64. The number of aliphatic hydroxyl groups is 1. The number of hydrogen-bond donors (Lipinski definition) is 2. The summed E-state index contributed by atoms with van der Waals surface area (Å²) in [5, 5.41) is 19.4. The fourth-order valence-electron chi connectivity index (χ4n) is 2.17. The molecule has 0 radical (unpaired) electrons. The van der Waals surface area contributed by atoms with Gasteiger partial charge in [-0.3, -0.25) is 9.59 Å². The molecule has 0 saturated heterocycles. The van der Waals surface area contributed by atoms with Gasteiger partial charge in [-0.05, 0) is 42.1 Å². The fraction of sp³-hybridized carbons (Fsp3) is 0.375. The van der Waals surface area contributed by atoms with Crippen LogP contribution in [-0.2, 0) is 19.9 Å². The lowest BCUT2D eigenvalue weighted by atomic mass is 9.94. The first-order valence-corrected chi connectivity index (χ1v) is 8.85. The largest absolute Gasteiger partial charge is 0.450 e. The molecule has 2 heterocycles. The van der Waals surface area contributed by atoms with Crippen molar-refractivity contribution in [2.75, 3.05) is 6.54 Å². The number of carbonyl (C=O) groups is 2. The van der Waals surface area contributed by atoms with Crippen LogP contribution in [0, 0.1) is 0 Å². The van der Waals surface area contributed by atoms with Crippen LogP contribution in [0.5, 0.6) is 0 Å². The van der Waals surface area contributed by atoms with Crippen molar-refractivity contribution in [2.24, 2.45) is 0 Å². The molecule has 124 valence electrons. The van der Waals surface area contributed by atoms with Crippen molar-refractivity contribution in [3.05, 3.63) is 44.8 Å². The highest BCUT2D eigenvalue weighted by Crippen LogP contribution is 2.33. The van der Waals surface area contributed by atoms with Crippen molar-refractivity contribution in [3.8, 4) is 0 Å². The van der Waals surface area contributed by atoms with Gasteiger partial charge in [0.05, 0.1) is 6.54 Å². The van der Waals surface area contributed by atoms with Gasteiger partial charge in [-0.1, -0.05) is 6.07 Å². The molecule has 2 aromatic rings. The molecule has 0 aliphatic heterocycles. The molecule has 2 N–H and O–H groups in total. The smallest absolute Gasteiger partial charge is 0.303 e. The fourth-order valence-corrected chi connectivity index (χ4v) is 3.74. The molecule has 2 rings (SSSR count). The van der Waals surface area contributed by atoms with Crippen molar-refractivity contribution in [1.29, 1.82) is 0 Å². The summed E-state index contributed by atoms with van der Waals surface area (Å²) in [7, 11) is 0. The maximum atomic E-state index is 12.3. The van der Waals surface area contributed by atoms with Gasteiger partial charge in [0, 0.05) is 17.4 Å². The standard InChI is InChI=1S/C16H19NO4S2/c1-11(18)21-15(2,3)14(19)17-10-16(20,12-6-8-22-9-12)13-5-4-7-23-13/h4-9,20H,10H2,1-3H3,(H,17,19)/t16-/m1/s1. The van der Waals surface area contributed by atoms with Gasteiger partial charge in [0.1, 0.15) is 5.60 Å². The van der Waals surface area contributed by atoms with Gasteiger partial charge < -0.3 is 15.2 Å². The Morgan fingerprint density at radius 2 is 2.04 bits per heavy atom. The highest BCUT2D eigenvalue weighted by atomic mass is 32.1. The number of carbonyl (C=O) groups excluding carboxylic acids is 2. The molecular formula is C16H19NO4S2. The Labute approximate surface area is 142 Å². The summed E-state index contributed by atoms with van der Waals surface area (Å²) in [4.78, 5) is 24.1. The van der Waals surface area contributed by atoms with E-state index in [1.165, 1.54) is 43.4 Å². The second kappa shape index (κ2) is 6.82. The van der Waals surface area contributed by atoms with Crippen LogP contribution in [0.2, 0.25) is 0 Å². The summed E-state index contributed by atoms with van der Waals surface area (Å²) in [5.74, 6) is -0.991. The molecule has 2 aromatic heterocycles. The molecule has 0 unspecified atom stereocenters. The Bertz CT molecular complexity index is 628. The van der Waals surface area contributed by atoms with Crippen LogP contribution < -0.4 is 5.32 Å². The Kier molecular flexibility index (Phi) is 5.23. The van der Waals surface area contributed by atoms with Gasteiger partial charge in [0.25, 0.3) is 5.91 Å². The van der Waals surface area contributed by atoms with E-state index < -0.39 is 23.1 Å². The first-order valence-electron chi connectivity index (χ1n) is 7.02. The van der Waals surface area contributed by atoms with Crippen LogP contribution in [0.1, 0.15) is 31.2 Å². The van der Waals surface area contributed by atoms with Crippen LogP contribution >= 0.6 is 22.7 Å².